The van der Waals surface area contributed by atoms with Crippen molar-refractivity contribution in [1.82, 2.24) is 4.31 Å². The summed E-state index contributed by atoms with van der Waals surface area (Å²) < 4.78 is 31.1. The van der Waals surface area contributed by atoms with E-state index in [0.29, 0.717) is 12.2 Å². The Bertz CT molecular complexity index is 513. The Hall–Kier alpha value is -1.21. The van der Waals surface area contributed by atoms with E-state index >= 15 is 0 Å². The summed E-state index contributed by atoms with van der Waals surface area (Å²) in [4.78, 5) is 0.164. The molecule has 0 saturated carbocycles. The number of aliphatic hydroxyl groups is 1. The largest absolute Gasteiger partial charge is 0.392 e. The van der Waals surface area contributed by atoms with Crippen molar-refractivity contribution in [2.45, 2.75) is 11.5 Å². The van der Waals surface area contributed by atoms with Gasteiger partial charge in [-0.1, -0.05) is 18.2 Å². The zero-order valence-electron chi connectivity index (χ0n) is 10.9. The summed E-state index contributed by atoms with van der Waals surface area (Å²) in [5.41, 5.74) is 0.561. The molecule has 0 aliphatic heterocycles. The maximum atomic E-state index is 12.4. The third-order valence-electron chi connectivity index (χ3n) is 2.60. The maximum absolute atomic E-state index is 12.4. The lowest BCUT2D eigenvalue weighted by Gasteiger charge is -2.20. The SMILES string of the molecule is C=CCN(CCOC)S(=O)(=O)c1cccc(CO)c1. The van der Waals surface area contributed by atoms with Gasteiger partial charge in [0.1, 0.15) is 0 Å². The number of methoxy groups -OCH3 is 1. The second kappa shape index (κ2) is 7.40. The molecular formula is C13H19NO4S. The third-order valence-corrected chi connectivity index (χ3v) is 4.46. The van der Waals surface area contributed by atoms with Crippen LogP contribution in [0.25, 0.3) is 0 Å². The van der Waals surface area contributed by atoms with Crippen LogP contribution in [-0.4, -0.2) is 44.6 Å². The summed E-state index contributed by atoms with van der Waals surface area (Å²) in [6.45, 7) is 4.16. The number of sulfonamides is 1. The first-order valence-electron chi connectivity index (χ1n) is 5.86. The predicted molar refractivity (Wildman–Crippen MR) is 73.2 cm³/mol. The van der Waals surface area contributed by atoms with Gasteiger partial charge in [0.05, 0.1) is 18.1 Å². The molecule has 0 aliphatic rings. The first-order valence-corrected chi connectivity index (χ1v) is 7.30. The number of ether oxygens (including phenoxy) is 1. The van der Waals surface area contributed by atoms with Crippen molar-refractivity contribution in [3.63, 3.8) is 0 Å². The van der Waals surface area contributed by atoms with Crippen LogP contribution in [0.1, 0.15) is 5.56 Å². The van der Waals surface area contributed by atoms with Gasteiger partial charge in [0.2, 0.25) is 10.0 Å². The molecule has 0 radical (unpaired) electrons. The molecule has 5 nitrogen and oxygen atoms in total. The molecule has 1 rings (SSSR count). The van der Waals surface area contributed by atoms with E-state index in [1.165, 1.54) is 29.6 Å². The molecule has 0 atom stereocenters. The zero-order chi connectivity index (χ0) is 14.3. The van der Waals surface area contributed by atoms with Crippen LogP contribution < -0.4 is 0 Å². The third kappa shape index (κ3) is 4.14. The summed E-state index contributed by atoms with van der Waals surface area (Å²) in [5, 5.41) is 9.07. The maximum Gasteiger partial charge on any atom is 0.243 e. The fourth-order valence-corrected chi connectivity index (χ4v) is 3.07. The van der Waals surface area contributed by atoms with E-state index < -0.39 is 10.0 Å². The standard InChI is InChI=1S/C13H19NO4S/c1-3-7-14(8-9-18-2)19(16,17)13-6-4-5-12(10-13)11-15/h3-6,10,15H,1,7-9,11H2,2H3. The van der Waals surface area contributed by atoms with Crippen LogP contribution in [0.15, 0.2) is 41.8 Å². The lowest BCUT2D eigenvalue weighted by molar-refractivity contribution is 0.182. The molecule has 1 aromatic carbocycles. The average Bonchev–Trinajstić information content (AvgIpc) is 2.43. The zero-order valence-corrected chi connectivity index (χ0v) is 11.8. The van der Waals surface area contributed by atoms with Crippen molar-refractivity contribution in [2.75, 3.05) is 26.8 Å². The number of rotatable bonds is 8. The predicted octanol–water partition coefficient (Wildman–Crippen LogP) is 1.00. The molecule has 0 saturated heterocycles. The van der Waals surface area contributed by atoms with Crippen molar-refractivity contribution in [1.29, 1.82) is 0 Å². The van der Waals surface area contributed by atoms with E-state index in [-0.39, 0.29) is 24.6 Å². The van der Waals surface area contributed by atoms with Crippen LogP contribution in [-0.2, 0) is 21.4 Å². The van der Waals surface area contributed by atoms with Gasteiger partial charge in [0.15, 0.2) is 0 Å². The number of hydrogen-bond donors (Lipinski definition) is 1. The molecule has 1 aromatic rings. The fourth-order valence-electron chi connectivity index (χ4n) is 1.60. The summed E-state index contributed by atoms with van der Waals surface area (Å²) in [5.74, 6) is 0. The molecule has 106 valence electrons. The highest BCUT2D eigenvalue weighted by Gasteiger charge is 2.23. The molecule has 19 heavy (non-hydrogen) atoms. The quantitative estimate of drug-likeness (QED) is 0.724. The van der Waals surface area contributed by atoms with Gasteiger partial charge in [-0.2, -0.15) is 4.31 Å². The molecule has 0 spiro atoms. The molecule has 0 fully saturated rings. The van der Waals surface area contributed by atoms with Gasteiger partial charge in [0, 0.05) is 20.2 Å². The minimum absolute atomic E-state index is 0.164. The number of benzene rings is 1. The molecule has 0 aromatic heterocycles. The monoisotopic (exact) mass is 285 g/mol. The van der Waals surface area contributed by atoms with Crippen molar-refractivity contribution in [3.8, 4) is 0 Å². The molecule has 0 unspecified atom stereocenters. The van der Waals surface area contributed by atoms with Gasteiger partial charge in [-0.25, -0.2) is 8.42 Å². The first-order chi connectivity index (χ1) is 9.06. The molecule has 0 heterocycles. The van der Waals surface area contributed by atoms with Crippen LogP contribution >= 0.6 is 0 Å². The van der Waals surface area contributed by atoms with Crippen LogP contribution in [0.5, 0.6) is 0 Å². The van der Waals surface area contributed by atoms with Gasteiger partial charge in [-0.15, -0.1) is 6.58 Å². The van der Waals surface area contributed by atoms with Crippen molar-refractivity contribution >= 4 is 10.0 Å². The summed E-state index contributed by atoms with van der Waals surface area (Å²) in [6.07, 6.45) is 1.53. The van der Waals surface area contributed by atoms with E-state index in [1.807, 2.05) is 0 Å². The van der Waals surface area contributed by atoms with Crippen LogP contribution in [0.4, 0.5) is 0 Å². The van der Waals surface area contributed by atoms with Gasteiger partial charge in [0.25, 0.3) is 0 Å². The van der Waals surface area contributed by atoms with Crippen LogP contribution in [0.3, 0.4) is 0 Å². The second-order valence-corrected chi connectivity index (χ2v) is 5.89. The fraction of sp³-hybridized carbons (Fsp3) is 0.385. The highest BCUT2D eigenvalue weighted by atomic mass is 32.2. The minimum Gasteiger partial charge on any atom is -0.392 e. The van der Waals surface area contributed by atoms with E-state index in [0.717, 1.165) is 0 Å². The van der Waals surface area contributed by atoms with Gasteiger partial charge < -0.3 is 9.84 Å². The molecule has 6 heteroatoms. The molecular weight excluding hydrogens is 266 g/mol. The minimum atomic E-state index is -3.60. The summed E-state index contributed by atoms with van der Waals surface area (Å²) in [7, 11) is -2.08. The lowest BCUT2D eigenvalue weighted by Crippen LogP contribution is -2.34. The van der Waals surface area contributed by atoms with Gasteiger partial charge in [-0.3, -0.25) is 0 Å². The Labute approximate surface area is 114 Å². The van der Waals surface area contributed by atoms with E-state index in [2.05, 4.69) is 6.58 Å². The van der Waals surface area contributed by atoms with Crippen molar-refractivity contribution in [3.05, 3.63) is 42.5 Å². The molecule has 1 N–H and O–H groups in total. The number of nitrogens with zero attached hydrogens (tertiary/aromatic N) is 1. The Morgan fingerprint density at radius 3 is 2.79 bits per heavy atom. The van der Waals surface area contributed by atoms with Crippen LogP contribution in [0.2, 0.25) is 0 Å². The molecule has 0 amide bonds. The Morgan fingerprint density at radius 1 is 1.47 bits per heavy atom. The van der Waals surface area contributed by atoms with Gasteiger partial charge in [-0.05, 0) is 17.7 Å². The Morgan fingerprint density at radius 2 is 2.21 bits per heavy atom. The molecule has 0 bridgehead atoms. The summed E-state index contributed by atoms with van der Waals surface area (Å²) in [6, 6.07) is 6.27. The van der Waals surface area contributed by atoms with Crippen molar-refractivity contribution in [2.24, 2.45) is 0 Å². The normalized spacial score (nSPS) is 11.7. The molecule has 0 aliphatic carbocycles. The average molecular weight is 285 g/mol. The number of aliphatic hydroxyl groups excluding tert-OH is 1. The number of hydrogen-bond acceptors (Lipinski definition) is 4. The Kier molecular flexibility index (Phi) is 6.17. The van der Waals surface area contributed by atoms with E-state index in [1.54, 1.807) is 12.1 Å². The summed E-state index contributed by atoms with van der Waals surface area (Å²) >= 11 is 0. The van der Waals surface area contributed by atoms with E-state index in [9.17, 15) is 8.42 Å². The highest BCUT2D eigenvalue weighted by Crippen LogP contribution is 2.17. The topological polar surface area (TPSA) is 66.8 Å². The second-order valence-electron chi connectivity index (χ2n) is 3.95. The lowest BCUT2D eigenvalue weighted by atomic mass is 10.2. The van der Waals surface area contributed by atoms with E-state index in [4.69, 9.17) is 9.84 Å². The van der Waals surface area contributed by atoms with Gasteiger partial charge >= 0.3 is 0 Å². The van der Waals surface area contributed by atoms with Crippen LogP contribution in [0, 0.1) is 0 Å². The smallest absolute Gasteiger partial charge is 0.243 e. The Balaban J connectivity index is 3.06. The highest BCUT2D eigenvalue weighted by molar-refractivity contribution is 7.89. The van der Waals surface area contributed by atoms with Crippen molar-refractivity contribution < 1.29 is 18.3 Å². The first kappa shape index (κ1) is 15.8.